The summed E-state index contributed by atoms with van der Waals surface area (Å²) in [6.45, 7) is 0. The summed E-state index contributed by atoms with van der Waals surface area (Å²) in [6, 6.07) is 51.4. The predicted octanol–water partition coefficient (Wildman–Crippen LogP) is 5.91. The number of benzene rings is 5. The molecule has 0 bridgehead atoms. The van der Waals surface area contributed by atoms with E-state index in [4.69, 9.17) is 0 Å². The highest BCUT2D eigenvalue weighted by Gasteiger charge is 2.15. The first-order valence-corrected chi connectivity index (χ1v) is 13.5. The summed E-state index contributed by atoms with van der Waals surface area (Å²) in [5.74, 6) is 0. The maximum Gasteiger partial charge on any atom is 0.136 e. The molecule has 5 aromatic rings. The van der Waals surface area contributed by atoms with Gasteiger partial charge in [-0.15, -0.1) is 0 Å². The van der Waals surface area contributed by atoms with Crippen LogP contribution in [-0.2, 0) is 4.57 Å². The molecule has 0 spiro atoms. The highest BCUT2D eigenvalue weighted by atomic mass is 31.1. The molecule has 0 fully saturated rings. The van der Waals surface area contributed by atoms with Gasteiger partial charge in [-0.2, -0.15) is 0 Å². The molecule has 0 N–H and O–H groups in total. The molecule has 0 atom stereocenters. The summed E-state index contributed by atoms with van der Waals surface area (Å²) in [4.78, 5) is 0. The molecular formula is C30H25OP2. The molecule has 3 heteroatoms. The average Bonchev–Trinajstić information content (AvgIpc) is 2.92. The third-order valence-electron chi connectivity index (χ3n) is 5.02. The van der Waals surface area contributed by atoms with Gasteiger partial charge in [-0.25, -0.2) is 0 Å². The van der Waals surface area contributed by atoms with E-state index < -0.39 is 15.7 Å². The summed E-state index contributed by atoms with van der Waals surface area (Å²) >= 11 is 0. The lowest BCUT2D eigenvalue weighted by molar-refractivity contribution is 0.598. The lowest BCUT2D eigenvalue weighted by Crippen LogP contribution is -2.20. The second-order valence-electron chi connectivity index (χ2n) is 7.31. The molecule has 33 heavy (non-hydrogen) atoms. The van der Waals surface area contributed by atoms with Gasteiger partial charge in [0.2, 0.25) is 0 Å². The molecule has 161 valence electrons. The molecule has 0 aliphatic carbocycles. The van der Waals surface area contributed by atoms with Crippen LogP contribution in [0.2, 0.25) is 0 Å². The minimum Gasteiger partial charge on any atom is -0.277 e. The molecule has 0 saturated heterocycles. The SMILES string of the molecule is O=[P](c1ccccc1)c1ccccc1.c1ccc(P(c2ccccc2)c2ccccc2)cc1. The van der Waals surface area contributed by atoms with Gasteiger partial charge in [0.15, 0.2) is 0 Å². The number of hydrogen-bond donors (Lipinski definition) is 0. The Labute approximate surface area is 198 Å². The maximum absolute atomic E-state index is 12.0. The third-order valence-corrected chi connectivity index (χ3v) is 9.00. The standard InChI is InChI=1S/C18H15P.C12H10OP/c1-4-10-16(11-5-1)19(17-12-6-2-7-13-17)18-14-8-3-9-15-18;13-14(11-7-3-1-4-8-11)12-9-5-2-6-10-12/h1-15H;1-10H. The lowest BCUT2D eigenvalue weighted by atomic mass is 10.4. The zero-order valence-corrected chi connectivity index (χ0v) is 20.0. The molecular weight excluding hydrogens is 438 g/mol. The Kier molecular flexibility index (Phi) is 8.31. The van der Waals surface area contributed by atoms with Crippen LogP contribution in [0.3, 0.4) is 0 Å². The Morgan fingerprint density at radius 1 is 0.303 bits per heavy atom. The van der Waals surface area contributed by atoms with E-state index in [1.807, 2.05) is 60.7 Å². The van der Waals surface area contributed by atoms with Crippen molar-refractivity contribution in [3.63, 3.8) is 0 Å². The van der Waals surface area contributed by atoms with Crippen molar-refractivity contribution < 1.29 is 4.57 Å². The fourth-order valence-electron chi connectivity index (χ4n) is 3.45. The van der Waals surface area contributed by atoms with Crippen LogP contribution in [0.5, 0.6) is 0 Å². The van der Waals surface area contributed by atoms with Gasteiger partial charge in [0.25, 0.3) is 0 Å². The lowest BCUT2D eigenvalue weighted by Gasteiger charge is -2.18. The Morgan fingerprint density at radius 2 is 0.515 bits per heavy atom. The van der Waals surface area contributed by atoms with E-state index in [9.17, 15) is 4.57 Å². The van der Waals surface area contributed by atoms with Crippen LogP contribution in [0, 0.1) is 0 Å². The van der Waals surface area contributed by atoms with Crippen molar-refractivity contribution in [3.05, 3.63) is 152 Å². The number of rotatable bonds is 5. The smallest absolute Gasteiger partial charge is 0.136 e. The zero-order chi connectivity index (χ0) is 22.7. The van der Waals surface area contributed by atoms with Crippen LogP contribution in [0.15, 0.2) is 152 Å². The summed E-state index contributed by atoms with van der Waals surface area (Å²) in [5.41, 5.74) is 0. The molecule has 0 amide bonds. The van der Waals surface area contributed by atoms with E-state index in [-0.39, 0.29) is 0 Å². The molecule has 0 aromatic heterocycles. The van der Waals surface area contributed by atoms with Crippen molar-refractivity contribution in [2.45, 2.75) is 0 Å². The van der Waals surface area contributed by atoms with Gasteiger partial charge in [-0.1, -0.05) is 127 Å². The molecule has 0 saturated carbocycles. The molecule has 0 aliphatic heterocycles. The molecule has 0 aliphatic rings. The zero-order valence-electron chi connectivity index (χ0n) is 18.2. The minimum atomic E-state index is -1.42. The van der Waals surface area contributed by atoms with Crippen molar-refractivity contribution in [1.82, 2.24) is 0 Å². The fraction of sp³-hybridized carbons (Fsp3) is 0. The van der Waals surface area contributed by atoms with E-state index in [0.29, 0.717) is 0 Å². The first kappa shape index (κ1) is 22.8. The van der Waals surface area contributed by atoms with Gasteiger partial charge >= 0.3 is 0 Å². The van der Waals surface area contributed by atoms with E-state index >= 15 is 0 Å². The van der Waals surface area contributed by atoms with Crippen molar-refractivity contribution in [1.29, 1.82) is 0 Å². The van der Waals surface area contributed by atoms with Crippen molar-refractivity contribution in [2.24, 2.45) is 0 Å². The van der Waals surface area contributed by atoms with Crippen LogP contribution >= 0.6 is 15.7 Å². The molecule has 1 nitrogen and oxygen atoms in total. The van der Waals surface area contributed by atoms with Crippen LogP contribution in [-0.4, -0.2) is 0 Å². The first-order chi connectivity index (χ1) is 16.3. The second kappa shape index (κ2) is 12.0. The van der Waals surface area contributed by atoms with Crippen molar-refractivity contribution in [3.8, 4) is 0 Å². The Bertz CT molecular complexity index is 1110. The van der Waals surface area contributed by atoms with Crippen LogP contribution in [0.25, 0.3) is 0 Å². The normalized spacial score (nSPS) is 10.2. The van der Waals surface area contributed by atoms with Crippen molar-refractivity contribution in [2.75, 3.05) is 0 Å². The predicted molar refractivity (Wildman–Crippen MR) is 145 cm³/mol. The Hall–Kier alpha value is -3.37. The van der Waals surface area contributed by atoms with Gasteiger partial charge in [-0.05, 0) is 48.1 Å². The second-order valence-corrected chi connectivity index (χ2v) is 11.1. The summed E-state index contributed by atoms with van der Waals surface area (Å²) < 4.78 is 12.0. The Morgan fingerprint density at radius 3 is 0.758 bits per heavy atom. The van der Waals surface area contributed by atoms with Crippen molar-refractivity contribution >= 4 is 42.2 Å². The quantitative estimate of drug-likeness (QED) is 0.296. The first-order valence-electron chi connectivity index (χ1n) is 10.9. The summed E-state index contributed by atoms with van der Waals surface area (Å²) in [5, 5.41) is 5.96. The fourth-order valence-corrected chi connectivity index (χ4v) is 6.94. The van der Waals surface area contributed by atoms with Gasteiger partial charge in [0.05, 0.1) is 0 Å². The highest BCUT2D eigenvalue weighted by molar-refractivity contribution is 7.79. The van der Waals surface area contributed by atoms with Crippen LogP contribution in [0.4, 0.5) is 0 Å². The van der Waals surface area contributed by atoms with Crippen LogP contribution < -0.4 is 26.5 Å². The molecule has 5 aromatic carbocycles. The van der Waals surface area contributed by atoms with E-state index in [0.717, 1.165) is 10.6 Å². The minimum absolute atomic E-state index is 0.446. The summed E-state index contributed by atoms with van der Waals surface area (Å²) in [7, 11) is -1.87. The Balaban J connectivity index is 0.000000165. The topological polar surface area (TPSA) is 17.1 Å². The monoisotopic (exact) mass is 463 g/mol. The summed E-state index contributed by atoms with van der Waals surface area (Å²) in [6.07, 6.45) is 0. The largest absolute Gasteiger partial charge is 0.277 e. The molecule has 1 radical (unpaired) electrons. The highest BCUT2D eigenvalue weighted by Crippen LogP contribution is 2.32. The molecule has 0 heterocycles. The molecule has 5 rings (SSSR count). The molecule has 0 unspecified atom stereocenters. The average molecular weight is 463 g/mol. The van der Waals surface area contributed by atoms with Gasteiger partial charge in [0.1, 0.15) is 7.80 Å². The van der Waals surface area contributed by atoms with Crippen LogP contribution in [0.1, 0.15) is 0 Å². The van der Waals surface area contributed by atoms with Gasteiger partial charge in [0, 0.05) is 10.6 Å². The third kappa shape index (κ3) is 6.33. The number of hydrogen-bond acceptors (Lipinski definition) is 1. The van der Waals surface area contributed by atoms with Gasteiger partial charge in [-0.3, -0.25) is 4.57 Å². The van der Waals surface area contributed by atoms with E-state index in [2.05, 4.69) is 91.0 Å². The van der Waals surface area contributed by atoms with E-state index in [1.54, 1.807) is 0 Å². The van der Waals surface area contributed by atoms with E-state index in [1.165, 1.54) is 15.9 Å². The van der Waals surface area contributed by atoms with Gasteiger partial charge < -0.3 is 0 Å². The maximum atomic E-state index is 12.0.